The minimum Gasteiger partial charge on any atom is -0.378 e. The van der Waals surface area contributed by atoms with Crippen LogP contribution in [-0.4, -0.2) is 44.3 Å². The first-order valence-electron chi connectivity index (χ1n) is 4.55. The summed E-state index contributed by atoms with van der Waals surface area (Å²) in [5.74, 6) is -0.0300. The van der Waals surface area contributed by atoms with Gasteiger partial charge in [-0.15, -0.1) is 12.4 Å². The summed E-state index contributed by atoms with van der Waals surface area (Å²) in [6.07, 6.45) is 0. The topological polar surface area (TPSA) is 76.4 Å². The molecule has 2 atom stereocenters. The van der Waals surface area contributed by atoms with E-state index in [-0.39, 0.29) is 30.4 Å². The molecular weight excluding hydrogens is 206 g/mol. The zero-order valence-corrected chi connectivity index (χ0v) is 9.10. The summed E-state index contributed by atoms with van der Waals surface area (Å²) in [5, 5.41) is 5.86. The van der Waals surface area contributed by atoms with Crippen molar-refractivity contribution >= 4 is 18.3 Å². The standard InChI is InChI=1S/C8H17N3O2.ClH/c1-6(4-9)11-8(12)7-5-13-3-2-10-7;/h6-7,10H,2-5,9H2,1H3,(H,11,12);1H/t6-,7+;/m0./s1. The summed E-state index contributed by atoms with van der Waals surface area (Å²) in [6.45, 7) is 4.19. The molecule has 1 rings (SSSR count). The Hall–Kier alpha value is -0.360. The molecule has 0 aromatic rings. The van der Waals surface area contributed by atoms with Gasteiger partial charge in [-0.2, -0.15) is 0 Å². The monoisotopic (exact) mass is 223 g/mol. The normalized spacial score (nSPS) is 23.4. The summed E-state index contributed by atoms with van der Waals surface area (Å²) in [7, 11) is 0. The average molecular weight is 224 g/mol. The number of morpholine rings is 1. The van der Waals surface area contributed by atoms with E-state index in [1.807, 2.05) is 6.92 Å². The van der Waals surface area contributed by atoms with Crippen LogP contribution in [0.4, 0.5) is 0 Å². The molecule has 0 aliphatic carbocycles. The molecule has 1 amide bonds. The fourth-order valence-corrected chi connectivity index (χ4v) is 1.14. The Morgan fingerprint density at radius 3 is 3.00 bits per heavy atom. The van der Waals surface area contributed by atoms with Gasteiger partial charge in [0.2, 0.25) is 5.91 Å². The Morgan fingerprint density at radius 2 is 2.50 bits per heavy atom. The molecular formula is C8H18ClN3O2. The van der Waals surface area contributed by atoms with Crippen molar-refractivity contribution < 1.29 is 9.53 Å². The van der Waals surface area contributed by atoms with E-state index < -0.39 is 0 Å². The molecule has 0 spiro atoms. The molecule has 5 nitrogen and oxygen atoms in total. The second kappa shape index (κ2) is 7.00. The van der Waals surface area contributed by atoms with Crippen molar-refractivity contribution in [2.45, 2.75) is 19.0 Å². The minimum atomic E-state index is -0.220. The number of amides is 1. The highest BCUT2D eigenvalue weighted by atomic mass is 35.5. The second-order valence-corrected chi connectivity index (χ2v) is 3.23. The lowest BCUT2D eigenvalue weighted by Gasteiger charge is -2.24. The molecule has 0 radical (unpaired) electrons. The van der Waals surface area contributed by atoms with Crippen LogP contribution in [0.15, 0.2) is 0 Å². The lowest BCUT2D eigenvalue weighted by molar-refractivity contribution is -0.126. The van der Waals surface area contributed by atoms with Crippen molar-refractivity contribution in [1.82, 2.24) is 10.6 Å². The summed E-state index contributed by atoms with van der Waals surface area (Å²) in [4.78, 5) is 11.5. The number of hydrogen-bond donors (Lipinski definition) is 3. The van der Waals surface area contributed by atoms with Crippen molar-refractivity contribution in [2.24, 2.45) is 5.73 Å². The van der Waals surface area contributed by atoms with Crippen molar-refractivity contribution in [3.8, 4) is 0 Å². The maximum Gasteiger partial charge on any atom is 0.239 e. The Labute approximate surface area is 90.2 Å². The second-order valence-electron chi connectivity index (χ2n) is 3.23. The molecule has 4 N–H and O–H groups in total. The van der Waals surface area contributed by atoms with E-state index in [1.165, 1.54) is 0 Å². The number of carbonyl (C=O) groups excluding carboxylic acids is 1. The van der Waals surface area contributed by atoms with Gasteiger partial charge in [0, 0.05) is 19.1 Å². The highest BCUT2D eigenvalue weighted by Crippen LogP contribution is 1.93. The fraction of sp³-hybridized carbons (Fsp3) is 0.875. The van der Waals surface area contributed by atoms with E-state index in [9.17, 15) is 4.79 Å². The largest absolute Gasteiger partial charge is 0.378 e. The Kier molecular flexibility index (Phi) is 6.82. The van der Waals surface area contributed by atoms with Crippen molar-refractivity contribution in [3.05, 3.63) is 0 Å². The van der Waals surface area contributed by atoms with Crippen LogP contribution in [0.5, 0.6) is 0 Å². The van der Waals surface area contributed by atoms with Gasteiger partial charge in [0.25, 0.3) is 0 Å². The first kappa shape index (κ1) is 13.6. The van der Waals surface area contributed by atoms with Gasteiger partial charge in [0.1, 0.15) is 6.04 Å². The number of halogens is 1. The summed E-state index contributed by atoms with van der Waals surface area (Å²) >= 11 is 0. The first-order valence-corrected chi connectivity index (χ1v) is 4.55. The number of rotatable bonds is 3. The zero-order chi connectivity index (χ0) is 9.68. The van der Waals surface area contributed by atoms with Gasteiger partial charge in [-0.3, -0.25) is 4.79 Å². The third-order valence-corrected chi connectivity index (χ3v) is 1.98. The van der Waals surface area contributed by atoms with E-state index in [1.54, 1.807) is 0 Å². The van der Waals surface area contributed by atoms with E-state index in [0.717, 1.165) is 6.54 Å². The zero-order valence-electron chi connectivity index (χ0n) is 8.29. The quantitative estimate of drug-likeness (QED) is 0.566. The molecule has 0 bridgehead atoms. The molecule has 1 heterocycles. The molecule has 14 heavy (non-hydrogen) atoms. The Balaban J connectivity index is 0.00000169. The summed E-state index contributed by atoms with van der Waals surface area (Å²) in [6, 6.07) is -0.195. The molecule has 0 unspecified atom stereocenters. The predicted octanol–water partition coefficient (Wildman–Crippen LogP) is -1.14. The van der Waals surface area contributed by atoms with Crippen LogP contribution in [0.1, 0.15) is 6.92 Å². The van der Waals surface area contributed by atoms with Gasteiger partial charge in [-0.05, 0) is 6.92 Å². The molecule has 1 fully saturated rings. The van der Waals surface area contributed by atoms with E-state index in [2.05, 4.69) is 10.6 Å². The molecule has 6 heteroatoms. The van der Waals surface area contributed by atoms with Gasteiger partial charge >= 0.3 is 0 Å². The minimum absolute atomic E-state index is 0. The van der Waals surface area contributed by atoms with Crippen LogP contribution in [0.2, 0.25) is 0 Å². The summed E-state index contributed by atoms with van der Waals surface area (Å²) in [5.41, 5.74) is 5.38. The van der Waals surface area contributed by atoms with Gasteiger partial charge in [0.05, 0.1) is 13.2 Å². The third kappa shape index (κ3) is 4.23. The lowest BCUT2D eigenvalue weighted by atomic mass is 10.2. The molecule has 84 valence electrons. The highest BCUT2D eigenvalue weighted by molar-refractivity contribution is 5.85. The van der Waals surface area contributed by atoms with Crippen LogP contribution in [0.3, 0.4) is 0 Å². The van der Waals surface area contributed by atoms with Crippen LogP contribution >= 0.6 is 12.4 Å². The predicted molar refractivity (Wildman–Crippen MR) is 56.5 cm³/mol. The number of ether oxygens (including phenoxy) is 1. The summed E-state index contributed by atoms with van der Waals surface area (Å²) < 4.78 is 5.16. The smallest absolute Gasteiger partial charge is 0.239 e. The van der Waals surface area contributed by atoms with Gasteiger partial charge < -0.3 is 21.1 Å². The van der Waals surface area contributed by atoms with Gasteiger partial charge in [0.15, 0.2) is 0 Å². The van der Waals surface area contributed by atoms with E-state index in [4.69, 9.17) is 10.5 Å². The van der Waals surface area contributed by atoms with Crippen molar-refractivity contribution in [3.63, 3.8) is 0 Å². The number of carbonyl (C=O) groups is 1. The number of nitrogens with one attached hydrogen (secondary N) is 2. The van der Waals surface area contributed by atoms with Gasteiger partial charge in [-0.1, -0.05) is 0 Å². The maximum atomic E-state index is 11.5. The van der Waals surface area contributed by atoms with E-state index >= 15 is 0 Å². The van der Waals surface area contributed by atoms with E-state index in [0.29, 0.717) is 19.8 Å². The third-order valence-electron chi connectivity index (χ3n) is 1.98. The highest BCUT2D eigenvalue weighted by Gasteiger charge is 2.21. The Morgan fingerprint density at radius 1 is 1.79 bits per heavy atom. The van der Waals surface area contributed by atoms with Crippen LogP contribution < -0.4 is 16.4 Å². The Bertz CT molecular complexity index is 174. The molecule has 1 saturated heterocycles. The number of nitrogens with two attached hydrogens (primary N) is 1. The van der Waals surface area contributed by atoms with Gasteiger partial charge in [-0.25, -0.2) is 0 Å². The van der Waals surface area contributed by atoms with Crippen LogP contribution in [0.25, 0.3) is 0 Å². The maximum absolute atomic E-state index is 11.5. The van der Waals surface area contributed by atoms with Crippen molar-refractivity contribution in [2.75, 3.05) is 26.3 Å². The van der Waals surface area contributed by atoms with Crippen LogP contribution in [0, 0.1) is 0 Å². The molecule has 1 aliphatic rings. The SMILES string of the molecule is C[C@@H](CN)NC(=O)[C@H]1COCCN1.Cl. The van der Waals surface area contributed by atoms with Crippen LogP contribution in [-0.2, 0) is 9.53 Å². The molecule has 0 saturated carbocycles. The molecule has 0 aromatic heterocycles. The molecule has 1 aliphatic heterocycles. The number of hydrogen-bond acceptors (Lipinski definition) is 4. The fourth-order valence-electron chi connectivity index (χ4n) is 1.14. The molecule has 0 aromatic carbocycles. The first-order chi connectivity index (χ1) is 6.24. The van der Waals surface area contributed by atoms with Crippen molar-refractivity contribution in [1.29, 1.82) is 0 Å². The lowest BCUT2D eigenvalue weighted by Crippen LogP contribution is -2.53. The average Bonchev–Trinajstić information content (AvgIpc) is 2.19.